The Kier molecular flexibility index (Phi) is 5.06. The molecular formula is C19H23FN6O2. The van der Waals surface area contributed by atoms with Crippen LogP contribution in [0.15, 0.2) is 29.0 Å². The number of hydrogen-bond donors (Lipinski definition) is 0. The standard InChI is InChI=1S/C19H23FN6O2/c1-3-12(2)18(26-11-21-23-24-26)19(27)25-8-6-13(7-9-25)17-15-5-4-14(20)10-16(15)28-22-17/h4-5,10-13,18H,3,6-9H2,1-2H3. The molecule has 1 aliphatic rings. The van der Waals surface area contributed by atoms with Gasteiger partial charge in [0.15, 0.2) is 5.58 Å². The Morgan fingerprint density at radius 2 is 2.14 bits per heavy atom. The Morgan fingerprint density at radius 3 is 2.82 bits per heavy atom. The van der Waals surface area contributed by atoms with E-state index in [1.807, 2.05) is 11.8 Å². The predicted octanol–water partition coefficient (Wildman–Crippen LogP) is 2.95. The van der Waals surface area contributed by atoms with E-state index in [0.717, 1.165) is 30.3 Å². The molecule has 3 aromatic rings. The van der Waals surface area contributed by atoms with Crippen LogP contribution >= 0.6 is 0 Å². The Morgan fingerprint density at radius 1 is 1.36 bits per heavy atom. The maximum Gasteiger partial charge on any atom is 0.247 e. The Balaban J connectivity index is 1.47. The van der Waals surface area contributed by atoms with Crippen molar-refractivity contribution in [3.8, 4) is 0 Å². The monoisotopic (exact) mass is 386 g/mol. The summed E-state index contributed by atoms with van der Waals surface area (Å²) in [4.78, 5) is 15.1. The van der Waals surface area contributed by atoms with E-state index in [4.69, 9.17) is 4.52 Å². The Bertz CT molecular complexity index is 949. The number of piperidine rings is 1. The third kappa shape index (κ3) is 3.36. The van der Waals surface area contributed by atoms with E-state index >= 15 is 0 Å². The first kappa shape index (κ1) is 18.5. The van der Waals surface area contributed by atoms with E-state index in [9.17, 15) is 9.18 Å². The third-order valence-corrected chi connectivity index (χ3v) is 5.74. The number of nitrogens with zero attached hydrogens (tertiary/aromatic N) is 6. The van der Waals surface area contributed by atoms with Crippen molar-refractivity contribution in [2.75, 3.05) is 13.1 Å². The quantitative estimate of drug-likeness (QED) is 0.670. The number of tetrazole rings is 1. The maximum atomic E-state index is 13.4. The minimum atomic E-state index is -0.396. The molecule has 2 unspecified atom stereocenters. The van der Waals surface area contributed by atoms with Crippen LogP contribution in [0, 0.1) is 11.7 Å². The molecule has 0 N–H and O–H groups in total. The average Bonchev–Trinajstić information content (AvgIpc) is 3.37. The van der Waals surface area contributed by atoms with Crippen LogP contribution in [0.25, 0.3) is 11.0 Å². The maximum absolute atomic E-state index is 13.4. The van der Waals surface area contributed by atoms with E-state index in [-0.39, 0.29) is 23.6 Å². The van der Waals surface area contributed by atoms with Crippen molar-refractivity contribution in [3.63, 3.8) is 0 Å². The fourth-order valence-electron chi connectivity index (χ4n) is 3.92. The topological polar surface area (TPSA) is 89.9 Å². The molecule has 1 saturated heterocycles. The van der Waals surface area contributed by atoms with Gasteiger partial charge in [-0.05, 0) is 41.3 Å². The minimum Gasteiger partial charge on any atom is -0.356 e. The van der Waals surface area contributed by atoms with E-state index in [1.54, 1.807) is 10.7 Å². The summed E-state index contributed by atoms with van der Waals surface area (Å²) in [5.74, 6) is 0.0236. The smallest absolute Gasteiger partial charge is 0.247 e. The first-order chi connectivity index (χ1) is 13.6. The van der Waals surface area contributed by atoms with Gasteiger partial charge in [0, 0.05) is 30.5 Å². The lowest BCUT2D eigenvalue weighted by Gasteiger charge is -2.34. The summed E-state index contributed by atoms with van der Waals surface area (Å²) < 4.78 is 20.2. The number of benzene rings is 1. The fourth-order valence-corrected chi connectivity index (χ4v) is 3.92. The number of aromatic nitrogens is 5. The van der Waals surface area contributed by atoms with Gasteiger partial charge in [-0.3, -0.25) is 4.79 Å². The fraction of sp³-hybridized carbons (Fsp3) is 0.526. The van der Waals surface area contributed by atoms with Gasteiger partial charge in [0.05, 0.1) is 5.69 Å². The summed E-state index contributed by atoms with van der Waals surface area (Å²) in [5.41, 5.74) is 1.31. The molecule has 9 heteroatoms. The zero-order valence-corrected chi connectivity index (χ0v) is 16.0. The molecule has 0 saturated carbocycles. The molecule has 1 amide bonds. The number of hydrogen-bond acceptors (Lipinski definition) is 6. The molecular weight excluding hydrogens is 363 g/mol. The van der Waals surface area contributed by atoms with Crippen LogP contribution in [0.1, 0.15) is 50.8 Å². The van der Waals surface area contributed by atoms with Crippen LogP contribution in [0.3, 0.4) is 0 Å². The highest BCUT2D eigenvalue weighted by molar-refractivity contribution is 5.81. The van der Waals surface area contributed by atoms with Gasteiger partial charge in [0.2, 0.25) is 5.91 Å². The lowest BCUT2D eigenvalue weighted by molar-refractivity contribution is -0.137. The van der Waals surface area contributed by atoms with Gasteiger partial charge in [-0.2, -0.15) is 0 Å². The van der Waals surface area contributed by atoms with Crippen molar-refractivity contribution in [2.45, 2.75) is 45.1 Å². The summed E-state index contributed by atoms with van der Waals surface area (Å²) >= 11 is 0. The van der Waals surface area contributed by atoms with Crippen molar-refractivity contribution in [2.24, 2.45) is 5.92 Å². The second-order valence-electron chi connectivity index (χ2n) is 7.43. The van der Waals surface area contributed by atoms with E-state index < -0.39 is 6.04 Å². The molecule has 8 nitrogen and oxygen atoms in total. The molecule has 0 radical (unpaired) electrons. The molecule has 28 heavy (non-hydrogen) atoms. The van der Waals surface area contributed by atoms with Crippen LogP contribution in [0.5, 0.6) is 0 Å². The molecule has 2 atom stereocenters. The summed E-state index contributed by atoms with van der Waals surface area (Å²) in [6.45, 7) is 5.36. The zero-order chi connectivity index (χ0) is 19.7. The number of fused-ring (bicyclic) bond motifs is 1. The van der Waals surface area contributed by atoms with Crippen LogP contribution in [0.2, 0.25) is 0 Å². The number of amides is 1. The number of rotatable bonds is 5. The molecule has 0 spiro atoms. The molecule has 1 fully saturated rings. The normalized spacial score (nSPS) is 17.8. The lowest BCUT2D eigenvalue weighted by Crippen LogP contribution is -2.44. The zero-order valence-electron chi connectivity index (χ0n) is 16.0. The van der Waals surface area contributed by atoms with Crippen LogP contribution in [0.4, 0.5) is 4.39 Å². The van der Waals surface area contributed by atoms with E-state index in [0.29, 0.717) is 18.7 Å². The number of carbonyl (C=O) groups is 1. The third-order valence-electron chi connectivity index (χ3n) is 5.74. The van der Waals surface area contributed by atoms with Crippen LogP contribution < -0.4 is 0 Å². The van der Waals surface area contributed by atoms with Crippen LogP contribution in [-0.4, -0.2) is 49.3 Å². The average molecular weight is 386 g/mol. The highest BCUT2D eigenvalue weighted by atomic mass is 19.1. The first-order valence-electron chi connectivity index (χ1n) is 9.64. The van der Waals surface area contributed by atoms with Crippen molar-refractivity contribution < 1.29 is 13.7 Å². The van der Waals surface area contributed by atoms with Gasteiger partial charge < -0.3 is 9.42 Å². The van der Waals surface area contributed by atoms with Gasteiger partial charge in [0.25, 0.3) is 0 Å². The molecule has 4 rings (SSSR count). The van der Waals surface area contributed by atoms with Gasteiger partial charge in [-0.1, -0.05) is 25.4 Å². The van der Waals surface area contributed by atoms with Gasteiger partial charge in [-0.25, -0.2) is 9.07 Å². The van der Waals surface area contributed by atoms with Crippen molar-refractivity contribution in [1.82, 2.24) is 30.3 Å². The Labute approximate surface area is 161 Å². The summed E-state index contributed by atoms with van der Waals surface area (Å²) in [7, 11) is 0. The van der Waals surface area contributed by atoms with E-state index in [2.05, 4.69) is 27.6 Å². The number of carbonyl (C=O) groups excluding carboxylic acids is 1. The number of likely N-dealkylation sites (tertiary alicyclic amines) is 1. The predicted molar refractivity (Wildman–Crippen MR) is 98.8 cm³/mol. The second-order valence-corrected chi connectivity index (χ2v) is 7.43. The minimum absolute atomic E-state index is 0.0483. The highest BCUT2D eigenvalue weighted by Gasteiger charge is 2.34. The van der Waals surface area contributed by atoms with E-state index in [1.165, 1.54) is 18.5 Å². The number of halogens is 1. The molecule has 1 aliphatic heterocycles. The van der Waals surface area contributed by atoms with Crippen molar-refractivity contribution in [3.05, 3.63) is 36.0 Å². The van der Waals surface area contributed by atoms with Gasteiger partial charge in [0.1, 0.15) is 18.2 Å². The van der Waals surface area contributed by atoms with Crippen molar-refractivity contribution >= 4 is 16.9 Å². The second kappa shape index (κ2) is 7.65. The molecule has 2 aromatic heterocycles. The molecule has 148 valence electrons. The summed E-state index contributed by atoms with van der Waals surface area (Å²) in [6, 6.07) is 4.09. The Hall–Kier alpha value is -2.84. The summed E-state index contributed by atoms with van der Waals surface area (Å²) in [5, 5.41) is 16.3. The summed E-state index contributed by atoms with van der Waals surface area (Å²) in [6.07, 6.45) is 3.93. The van der Waals surface area contributed by atoms with Gasteiger partial charge >= 0.3 is 0 Å². The van der Waals surface area contributed by atoms with Crippen LogP contribution in [-0.2, 0) is 4.79 Å². The molecule has 0 aliphatic carbocycles. The molecule has 3 heterocycles. The van der Waals surface area contributed by atoms with Gasteiger partial charge in [-0.15, -0.1) is 5.10 Å². The SMILES string of the molecule is CCC(C)C(C(=O)N1CCC(c2noc3cc(F)ccc23)CC1)n1cnnn1. The largest absolute Gasteiger partial charge is 0.356 e. The molecule has 0 bridgehead atoms. The highest BCUT2D eigenvalue weighted by Crippen LogP contribution is 2.34. The lowest BCUT2D eigenvalue weighted by atomic mass is 9.90. The first-order valence-corrected chi connectivity index (χ1v) is 9.64. The van der Waals surface area contributed by atoms with Crippen molar-refractivity contribution in [1.29, 1.82) is 0 Å². The molecule has 1 aromatic carbocycles.